The van der Waals surface area contributed by atoms with Gasteiger partial charge in [-0.2, -0.15) is 14.8 Å². The van der Waals surface area contributed by atoms with E-state index in [2.05, 4.69) is 18.7 Å². The van der Waals surface area contributed by atoms with Crippen LogP contribution >= 0.6 is 0 Å². The zero-order valence-corrected chi connectivity index (χ0v) is 15.6. The lowest BCUT2D eigenvalue weighted by Gasteiger charge is -2.20. The zero-order chi connectivity index (χ0) is 18.1. The molecule has 0 aromatic rings. The summed E-state index contributed by atoms with van der Waals surface area (Å²) < 4.78 is 25.6. The van der Waals surface area contributed by atoms with Crippen LogP contribution in [0.2, 0.25) is 0 Å². The molecular weight excluding hydrogens is 322 g/mol. The van der Waals surface area contributed by atoms with Crippen LogP contribution in [0.25, 0.3) is 0 Å². The van der Waals surface area contributed by atoms with Crippen LogP contribution in [-0.2, 0) is 10.0 Å². The Morgan fingerprint density at radius 3 is 1.50 bits per heavy atom. The number of unbranched alkanes of at least 4 members (excludes halogenated alkanes) is 10. The highest BCUT2D eigenvalue weighted by atomic mass is 32.2. The summed E-state index contributed by atoms with van der Waals surface area (Å²) in [6.45, 7) is 4.50. The molecule has 0 aliphatic rings. The Morgan fingerprint density at radius 1 is 0.750 bits per heavy atom. The number of hydrogen-bond acceptors (Lipinski definition) is 4. The van der Waals surface area contributed by atoms with Gasteiger partial charge in [-0.15, -0.1) is 0 Å². The Bertz CT molecular complexity index is 475. The molecule has 5 nitrogen and oxygen atoms in total. The normalized spacial score (nSPS) is 11.1. The van der Waals surface area contributed by atoms with Crippen LogP contribution < -0.4 is 0 Å². The van der Waals surface area contributed by atoms with Gasteiger partial charge in [0.25, 0.3) is 0 Å². The van der Waals surface area contributed by atoms with Gasteiger partial charge < -0.3 is 0 Å². The number of sulfonamides is 1. The van der Waals surface area contributed by atoms with Gasteiger partial charge in [0, 0.05) is 31.3 Å². The van der Waals surface area contributed by atoms with E-state index in [0.29, 0.717) is 25.9 Å². The van der Waals surface area contributed by atoms with Crippen molar-refractivity contribution >= 4 is 10.0 Å². The smallest absolute Gasteiger partial charge is 0.208 e. The van der Waals surface area contributed by atoms with E-state index in [9.17, 15) is 8.42 Å². The molecule has 0 aromatic heterocycles. The lowest BCUT2D eigenvalue weighted by molar-refractivity contribution is 0.388. The van der Waals surface area contributed by atoms with Crippen molar-refractivity contribution in [3.63, 3.8) is 0 Å². The number of nitriles is 2. The van der Waals surface area contributed by atoms with E-state index in [4.69, 9.17) is 10.5 Å². The molecule has 0 heterocycles. The second-order valence-electron chi connectivity index (χ2n) is 5.96. The molecule has 0 bridgehead atoms. The molecule has 0 fully saturated rings. The number of nitrogens with zero attached hydrogens (tertiary/aromatic N) is 3. The fraction of sp³-hybridized carbons (Fsp3) is 0.778. The summed E-state index contributed by atoms with van der Waals surface area (Å²) in [6, 6.07) is 4.27. The molecule has 6 heteroatoms. The average molecular weight is 354 g/mol. The van der Waals surface area contributed by atoms with Crippen LogP contribution in [-0.4, -0.2) is 25.8 Å². The molecule has 0 unspecified atom stereocenters. The minimum Gasteiger partial charge on any atom is -0.208 e. The van der Waals surface area contributed by atoms with Gasteiger partial charge in [0.1, 0.15) is 0 Å². The van der Waals surface area contributed by atoms with Crippen molar-refractivity contribution in [1.82, 2.24) is 4.31 Å². The van der Waals surface area contributed by atoms with Crippen molar-refractivity contribution in [3.8, 4) is 12.1 Å². The quantitative estimate of drug-likeness (QED) is 0.383. The molecular formula is C18H31N3O2S. The molecule has 0 aromatic carbocycles. The predicted octanol–water partition coefficient (Wildman–Crippen LogP) is 4.49. The summed E-state index contributed by atoms with van der Waals surface area (Å²) in [6.07, 6.45) is 10.9. The van der Waals surface area contributed by atoms with Crippen molar-refractivity contribution < 1.29 is 8.42 Å². The third kappa shape index (κ3) is 12.1. The van der Waals surface area contributed by atoms with Crippen LogP contribution in [0.15, 0.2) is 12.0 Å². The molecule has 0 saturated heterocycles. The highest BCUT2D eigenvalue weighted by Gasteiger charge is 2.17. The molecule has 0 aliphatic carbocycles. The molecule has 0 aliphatic heterocycles. The molecule has 0 spiro atoms. The van der Waals surface area contributed by atoms with Crippen molar-refractivity contribution in [2.24, 2.45) is 0 Å². The largest absolute Gasteiger partial charge is 0.235 e. The first kappa shape index (κ1) is 22.6. The molecule has 0 radical (unpaired) electrons. The van der Waals surface area contributed by atoms with E-state index in [1.807, 2.05) is 0 Å². The highest BCUT2D eigenvalue weighted by molar-refractivity contribution is 7.92. The summed E-state index contributed by atoms with van der Waals surface area (Å²) in [7, 11) is -3.35. The van der Waals surface area contributed by atoms with Crippen LogP contribution in [0.4, 0.5) is 0 Å². The molecule has 0 N–H and O–H groups in total. The Kier molecular flexibility index (Phi) is 14.3. The maximum Gasteiger partial charge on any atom is 0.235 e. The standard InChI is InChI=1S/C18H31N3O2S/c1-2-24(22,23)21(17-13-9-5-3-7-11-15-19)18-14-10-6-4-8-12-16-20/h2H,1,3-14,17-18H2. The Labute approximate surface area is 148 Å². The summed E-state index contributed by atoms with van der Waals surface area (Å²) >= 11 is 0. The summed E-state index contributed by atoms with van der Waals surface area (Å²) in [4.78, 5) is 0. The van der Waals surface area contributed by atoms with Crippen molar-refractivity contribution in [2.45, 2.75) is 77.0 Å². The van der Waals surface area contributed by atoms with Crippen molar-refractivity contribution in [1.29, 1.82) is 10.5 Å². The maximum atomic E-state index is 12.0. The predicted molar refractivity (Wildman–Crippen MR) is 97.3 cm³/mol. The molecule has 0 rings (SSSR count). The van der Waals surface area contributed by atoms with Gasteiger partial charge in [-0.05, 0) is 25.7 Å². The van der Waals surface area contributed by atoms with E-state index < -0.39 is 10.0 Å². The van der Waals surface area contributed by atoms with E-state index in [1.165, 1.54) is 4.31 Å². The molecule has 136 valence electrons. The second-order valence-corrected chi connectivity index (χ2v) is 7.84. The van der Waals surface area contributed by atoms with E-state index >= 15 is 0 Å². The van der Waals surface area contributed by atoms with Gasteiger partial charge in [0.05, 0.1) is 12.1 Å². The fourth-order valence-corrected chi connectivity index (χ4v) is 3.49. The number of hydrogen-bond donors (Lipinski definition) is 0. The third-order valence-corrected chi connectivity index (χ3v) is 5.47. The summed E-state index contributed by atoms with van der Waals surface area (Å²) in [5, 5.41) is 18.0. The maximum absolute atomic E-state index is 12.0. The highest BCUT2D eigenvalue weighted by Crippen LogP contribution is 2.12. The summed E-state index contributed by atoms with van der Waals surface area (Å²) in [5.41, 5.74) is 0. The summed E-state index contributed by atoms with van der Waals surface area (Å²) in [5.74, 6) is 0. The molecule has 0 saturated carbocycles. The lowest BCUT2D eigenvalue weighted by atomic mass is 10.1. The van der Waals surface area contributed by atoms with Gasteiger partial charge in [-0.25, -0.2) is 8.42 Å². The lowest BCUT2D eigenvalue weighted by Crippen LogP contribution is -2.31. The topological polar surface area (TPSA) is 85.0 Å². The SMILES string of the molecule is C=CS(=O)(=O)N(CCCCCCCC#N)CCCCCCCC#N. The average Bonchev–Trinajstić information content (AvgIpc) is 2.58. The Balaban J connectivity index is 3.98. The van der Waals surface area contributed by atoms with E-state index in [0.717, 1.165) is 69.6 Å². The van der Waals surface area contributed by atoms with Crippen molar-refractivity contribution in [2.75, 3.05) is 13.1 Å². The minimum atomic E-state index is -3.35. The Morgan fingerprint density at radius 2 is 1.12 bits per heavy atom. The molecule has 24 heavy (non-hydrogen) atoms. The van der Waals surface area contributed by atoms with Crippen LogP contribution in [0.3, 0.4) is 0 Å². The first-order chi connectivity index (χ1) is 11.6. The third-order valence-electron chi connectivity index (χ3n) is 3.96. The first-order valence-electron chi connectivity index (χ1n) is 8.95. The fourth-order valence-electron chi connectivity index (χ4n) is 2.52. The second kappa shape index (κ2) is 15.2. The van der Waals surface area contributed by atoms with Gasteiger partial charge in [0.2, 0.25) is 10.0 Å². The van der Waals surface area contributed by atoms with Crippen LogP contribution in [0, 0.1) is 22.7 Å². The van der Waals surface area contributed by atoms with Gasteiger partial charge in [-0.1, -0.05) is 45.1 Å². The first-order valence-corrected chi connectivity index (χ1v) is 10.4. The van der Waals surface area contributed by atoms with Gasteiger partial charge in [0.15, 0.2) is 0 Å². The van der Waals surface area contributed by atoms with Gasteiger partial charge in [-0.3, -0.25) is 0 Å². The molecule has 0 amide bonds. The zero-order valence-electron chi connectivity index (χ0n) is 14.8. The van der Waals surface area contributed by atoms with E-state index in [-0.39, 0.29) is 0 Å². The van der Waals surface area contributed by atoms with Crippen LogP contribution in [0.1, 0.15) is 77.0 Å². The van der Waals surface area contributed by atoms with Gasteiger partial charge >= 0.3 is 0 Å². The van der Waals surface area contributed by atoms with Crippen molar-refractivity contribution in [3.05, 3.63) is 12.0 Å². The van der Waals surface area contributed by atoms with E-state index in [1.54, 1.807) is 0 Å². The Hall–Kier alpha value is -1.37. The minimum absolute atomic E-state index is 0.543. The number of rotatable bonds is 16. The van der Waals surface area contributed by atoms with Crippen LogP contribution in [0.5, 0.6) is 0 Å². The monoisotopic (exact) mass is 353 g/mol. The molecule has 0 atom stereocenters.